The van der Waals surface area contributed by atoms with Gasteiger partial charge in [-0.1, -0.05) is 35.8 Å². The highest BCUT2D eigenvalue weighted by atomic mass is 35.5. The quantitative estimate of drug-likeness (QED) is 0.367. The zero-order valence-electron chi connectivity index (χ0n) is 20.9. The number of aromatic nitrogens is 1. The molecule has 0 unspecified atom stereocenters. The molecule has 0 N–H and O–H groups in total. The van der Waals surface area contributed by atoms with Crippen molar-refractivity contribution in [3.63, 3.8) is 0 Å². The maximum absolute atomic E-state index is 6.16. The summed E-state index contributed by atoms with van der Waals surface area (Å²) in [5.74, 6) is 2.19. The van der Waals surface area contributed by atoms with Crippen molar-refractivity contribution < 1.29 is 14.0 Å². The van der Waals surface area contributed by atoms with Crippen molar-refractivity contribution >= 4 is 17.3 Å². The molecule has 4 rings (SSSR count). The van der Waals surface area contributed by atoms with Gasteiger partial charge in [0.2, 0.25) is 0 Å². The van der Waals surface area contributed by atoms with Crippen LogP contribution in [0.3, 0.4) is 0 Å². The van der Waals surface area contributed by atoms with Crippen LogP contribution in [0.1, 0.15) is 19.1 Å². The van der Waals surface area contributed by atoms with Gasteiger partial charge in [0.25, 0.3) is 0 Å². The Bertz CT molecular complexity index is 1080. The Hall–Kier alpha value is -2.74. The highest BCUT2D eigenvalue weighted by Crippen LogP contribution is 2.37. The van der Waals surface area contributed by atoms with E-state index in [-0.39, 0.29) is 0 Å². The zero-order valence-corrected chi connectivity index (χ0v) is 21.6. The van der Waals surface area contributed by atoms with E-state index in [1.54, 1.807) is 14.2 Å². The first-order chi connectivity index (χ1) is 17.1. The van der Waals surface area contributed by atoms with Gasteiger partial charge in [-0.2, -0.15) is 0 Å². The molecule has 0 aliphatic carbocycles. The van der Waals surface area contributed by atoms with E-state index in [4.69, 9.17) is 25.6 Å². The summed E-state index contributed by atoms with van der Waals surface area (Å²) in [4.78, 5) is 7.37. The second-order valence-corrected chi connectivity index (χ2v) is 9.19. The number of rotatable bonds is 11. The highest BCUT2D eigenvalue weighted by Gasteiger charge is 2.19. The van der Waals surface area contributed by atoms with Gasteiger partial charge in [-0.05, 0) is 56.4 Å². The molecule has 0 atom stereocenters. The molecule has 1 saturated heterocycles. The monoisotopic (exact) mass is 498 g/mol. The zero-order chi connectivity index (χ0) is 24.6. The molecule has 3 aromatic rings. The molecular weight excluding hydrogens is 464 g/mol. The smallest absolute Gasteiger partial charge is 0.170 e. The molecule has 0 radical (unpaired) electrons. The summed E-state index contributed by atoms with van der Waals surface area (Å²) in [6.07, 6.45) is 1.12. The number of para-hydroxylation sites is 1. The molecular formula is C27H35ClN4O3. The van der Waals surface area contributed by atoms with E-state index in [1.807, 2.05) is 36.4 Å². The Kier molecular flexibility index (Phi) is 8.90. The first-order valence-corrected chi connectivity index (χ1v) is 12.6. The van der Waals surface area contributed by atoms with E-state index >= 15 is 0 Å². The minimum absolute atomic E-state index is 0.664. The Morgan fingerprint density at radius 1 is 1.03 bits per heavy atom. The van der Waals surface area contributed by atoms with Crippen molar-refractivity contribution in [2.24, 2.45) is 0 Å². The molecule has 1 aliphatic heterocycles. The molecule has 7 nitrogen and oxygen atoms in total. The molecule has 1 fully saturated rings. The minimum atomic E-state index is 0.664. The van der Waals surface area contributed by atoms with Crippen LogP contribution in [-0.2, 0) is 6.54 Å². The Morgan fingerprint density at radius 3 is 2.54 bits per heavy atom. The third-order valence-corrected chi connectivity index (χ3v) is 6.79. The Balaban J connectivity index is 1.25. The van der Waals surface area contributed by atoms with Crippen molar-refractivity contribution in [2.45, 2.75) is 19.9 Å². The van der Waals surface area contributed by atoms with Gasteiger partial charge >= 0.3 is 0 Å². The average Bonchev–Trinajstić information content (AvgIpc) is 3.36. The van der Waals surface area contributed by atoms with Crippen LogP contribution in [0.15, 0.2) is 53.1 Å². The van der Waals surface area contributed by atoms with Crippen LogP contribution in [0.25, 0.3) is 11.3 Å². The van der Waals surface area contributed by atoms with E-state index in [2.05, 4.69) is 38.9 Å². The van der Waals surface area contributed by atoms with Crippen LogP contribution in [0.4, 0.5) is 5.69 Å². The SMILES string of the molecule is CCN(CCCN1CCN(c2cccc(Cl)c2)CC1)Cc1cc(-c2cccc(OC)c2OC)no1. The summed E-state index contributed by atoms with van der Waals surface area (Å²) in [5.41, 5.74) is 2.83. The Morgan fingerprint density at radius 2 is 1.83 bits per heavy atom. The van der Waals surface area contributed by atoms with Crippen LogP contribution in [0.5, 0.6) is 11.5 Å². The highest BCUT2D eigenvalue weighted by molar-refractivity contribution is 6.30. The molecule has 0 saturated carbocycles. The van der Waals surface area contributed by atoms with Crippen LogP contribution >= 0.6 is 11.6 Å². The van der Waals surface area contributed by atoms with Gasteiger partial charge in [-0.3, -0.25) is 9.80 Å². The second kappa shape index (κ2) is 12.3. The lowest BCUT2D eigenvalue weighted by Crippen LogP contribution is -2.47. The number of ether oxygens (including phenoxy) is 2. The van der Waals surface area contributed by atoms with Crippen molar-refractivity contribution in [3.8, 4) is 22.8 Å². The summed E-state index contributed by atoms with van der Waals surface area (Å²) >= 11 is 6.16. The van der Waals surface area contributed by atoms with E-state index in [9.17, 15) is 0 Å². The van der Waals surface area contributed by atoms with Crippen molar-refractivity contribution in [2.75, 3.05) is 64.9 Å². The van der Waals surface area contributed by atoms with Crippen LogP contribution in [-0.4, -0.2) is 75.0 Å². The van der Waals surface area contributed by atoms with Crippen molar-refractivity contribution in [1.29, 1.82) is 0 Å². The molecule has 2 heterocycles. The second-order valence-electron chi connectivity index (χ2n) is 8.75. The largest absolute Gasteiger partial charge is 0.493 e. The maximum Gasteiger partial charge on any atom is 0.170 e. The van der Waals surface area contributed by atoms with Gasteiger partial charge in [0.1, 0.15) is 5.69 Å². The molecule has 0 bridgehead atoms. The third-order valence-electron chi connectivity index (χ3n) is 6.56. The maximum atomic E-state index is 6.16. The van der Waals surface area contributed by atoms with E-state index in [1.165, 1.54) is 5.69 Å². The van der Waals surface area contributed by atoms with Crippen LogP contribution in [0, 0.1) is 0 Å². The lowest BCUT2D eigenvalue weighted by molar-refractivity contribution is 0.206. The van der Waals surface area contributed by atoms with Crippen molar-refractivity contribution in [1.82, 2.24) is 15.0 Å². The molecule has 0 amide bonds. The van der Waals surface area contributed by atoms with Gasteiger partial charge in [-0.15, -0.1) is 0 Å². The van der Waals surface area contributed by atoms with E-state index < -0.39 is 0 Å². The van der Waals surface area contributed by atoms with E-state index in [0.29, 0.717) is 11.5 Å². The Labute approximate surface area is 213 Å². The molecule has 1 aliphatic rings. The predicted octanol–water partition coefficient (Wildman–Crippen LogP) is 5.05. The lowest BCUT2D eigenvalue weighted by Gasteiger charge is -2.36. The van der Waals surface area contributed by atoms with Crippen LogP contribution in [0.2, 0.25) is 5.02 Å². The summed E-state index contributed by atoms with van der Waals surface area (Å²) in [7, 11) is 3.27. The summed E-state index contributed by atoms with van der Waals surface area (Å²) in [6, 6.07) is 15.9. The lowest BCUT2D eigenvalue weighted by atomic mass is 10.1. The van der Waals surface area contributed by atoms with Gasteiger partial charge in [-0.25, -0.2) is 0 Å². The fourth-order valence-corrected chi connectivity index (χ4v) is 4.78. The fourth-order valence-electron chi connectivity index (χ4n) is 4.59. The number of hydrogen-bond donors (Lipinski definition) is 0. The normalized spacial score (nSPS) is 14.5. The summed E-state index contributed by atoms with van der Waals surface area (Å²) in [5, 5.41) is 5.09. The molecule has 188 valence electrons. The fraction of sp³-hybridized carbons (Fsp3) is 0.444. The van der Waals surface area contributed by atoms with Gasteiger partial charge in [0.05, 0.1) is 20.8 Å². The number of methoxy groups -OCH3 is 2. The molecule has 0 spiro atoms. The number of anilines is 1. The molecule has 35 heavy (non-hydrogen) atoms. The van der Waals surface area contributed by atoms with Gasteiger partial charge in [0.15, 0.2) is 17.3 Å². The third kappa shape index (κ3) is 6.48. The molecule has 2 aromatic carbocycles. The summed E-state index contributed by atoms with van der Waals surface area (Å²) in [6.45, 7) is 10.2. The minimum Gasteiger partial charge on any atom is -0.493 e. The number of hydrogen-bond acceptors (Lipinski definition) is 7. The first-order valence-electron chi connectivity index (χ1n) is 12.2. The summed E-state index contributed by atoms with van der Waals surface area (Å²) < 4.78 is 16.6. The standard InChI is InChI=1S/C27H35ClN4O3/c1-4-30(12-7-13-31-14-16-32(17-15-31)22-9-5-8-21(28)18-22)20-23-19-25(29-35-23)24-10-6-11-26(33-2)27(24)34-3/h5-6,8-11,18-19H,4,7,12-17,20H2,1-3H3. The van der Waals surface area contributed by atoms with Gasteiger partial charge in [0, 0.05) is 48.5 Å². The predicted molar refractivity (Wildman–Crippen MR) is 141 cm³/mol. The number of halogens is 1. The number of nitrogens with zero attached hydrogens (tertiary/aromatic N) is 4. The first kappa shape index (κ1) is 25.4. The topological polar surface area (TPSA) is 54.2 Å². The number of piperazine rings is 1. The van der Waals surface area contributed by atoms with Crippen molar-refractivity contribution in [3.05, 3.63) is 59.3 Å². The average molecular weight is 499 g/mol. The number of benzene rings is 2. The van der Waals surface area contributed by atoms with Gasteiger partial charge < -0.3 is 18.9 Å². The van der Waals surface area contributed by atoms with E-state index in [0.717, 1.165) is 80.8 Å². The van der Waals surface area contributed by atoms with Crippen LogP contribution < -0.4 is 14.4 Å². The molecule has 8 heteroatoms. The molecule has 1 aromatic heterocycles.